The van der Waals surface area contributed by atoms with Crippen LogP contribution in [0.4, 0.5) is 10.1 Å². The number of carboxylic acid groups (broad SMARTS) is 1. The van der Waals surface area contributed by atoms with Gasteiger partial charge in [-0.3, -0.25) is 4.79 Å². The highest BCUT2D eigenvalue weighted by atomic mass is 19.1. The number of nitriles is 1. The van der Waals surface area contributed by atoms with Crippen LogP contribution in [0.2, 0.25) is 0 Å². The third-order valence-electron chi connectivity index (χ3n) is 5.11. The first-order valence-electron chi connectivity index (χ1n) is 10.1. The summed E-state index contributed by atoms with van der Waals surface area (Å²) in [5.41, 5.74) is -0.184. The molecule has 0 spiro atoms. The molecule has 0 bridgehead atoms. The van der Waals surface area contributed by atoms with Crippen molar-refractivity contribution in [3.8, 4) is 11.8 Å². The molecule has 1 fully saturated rings. The number of benzene rings is 1. The zero-order chi connectivity index (χ0) is 22.6. The number of hydrogen-bond acceptors (Lipinski definition) is 5. The van der Waals surface area contributed by atoms with E-state index in [1.165, 1.54) is 13.1 Å². The molecule has 162 valence electrons. The van der Waals surface area contributed by atoms with Gasteiger partial charge in [-0.1, -0.05) is 20.8 Å². The molecule has 30 heavy (non-hydrogen) atoms. The van der Waals surface area contributed by atoms with E-state index in [4.69, 9.17) is 10.00 Å². The first-order valence-corrected chi connectivity index (χ1v) is 10.1. The smallest absolute Gasteiger partial charge is 0.341 e. The molecule has 0 saturated carbocycles. The molecule has 0 amide bonds. The Bertz CT molecular complexity index is 1040. The highest BCUT2D eigenvalue weighted by Crippen LogP contribution is 2.43. The fourth-order valence-electron chi connectivity index (χ4n) is 3.80. The first kappa shape index (κ1) is 23.2. The van der Waals surface area contributed by atoms with Crippen LogP contribution in [0.25, 0.3) is 10.9 Å². The van der Waals surface area contributed by atoms with E-state index in [1.54, 1.807) is 10.6 Å². The Labute approximate surface area is 175 Å². The Morgan fingerprint density at radius 3 is 2.53 bits per heavy atom. The molecule has 2 aromatic rings. The van der Waals surface area contributed by atoms with E-state index in [-0.39, 0.29) is 17.0 Å². The summed E-state index contributed by atoms with van der Waals surface area (Å²) in [5, 5.41) is 16.7. The predicted octanol–water partition coefficient (Wildman–Crippen LogP) is 4.19. The van der Waals surface area contributed by atoms with Gasteiger partial charge in [0.1, 0.15) is 17.9 Å². The lowest BCUT2D eigenvalue weighted by atomic mass is 10.1. The summed E-state index contributed by atoms with van der Waals surface area (Å²) in [7, 11) is 0. The molecule has 8 heteroatoms. The number of rotatable bonds is 2. The average Bonchev–Trinajstić information content (AvgIpc) is 3.13. The summed E-state index contributed by atoms with van der Waals surface area (Å²) in [6, 6.07) is 2.76. The lowest BCUT2D eigenvalue weighted by Gasteiger charge is -2.31. The second kappa shape index (κ2) is 9.61. The van der Waals surface area contributed by atoms with Crippen molar-refractivity contribution in [3.05, 3.63) is 33.9 Å². The maximum absolute atomic E-state index is 14.9. The summed E-state index contributed by atoms with van der Waals surface area (Å²) in [4.78, 5) is 25.9. The topological polar surface area (TPSA) is 95.6 Å². The van der Waals surface area contributed by atoms with Crippen LogP contribution in [-0.2, 0) is 0 Å². The number of aromatic carboxylic acids is 1. The number of carboxylic acids is 1. The number of halogens is 1. The summed E-state index contributed by atoms with van der Waals surface area (Å²) in [6.45, 7) is 11.2. The van der Waals surface area contributed by atoms with Crippen LogP contribution in [-0.4, -0.2) is 35.3 Å². The van der Waals surface area contributed by atoms with Crippen molar-refractivity contribution >= 4 is 22.6 Å². The molecule has 0 aliphatic carbocycles. The minimum atomic E-state index is -1.31. The molecule has 1 N–H and O–H groups in total. The second-order valence-corrected chi connectivity index (χ2v) is 7.24. The standard InChI is InChI=1S/C18H19FN2O4.C2H3N.C2H6/c1-9-3-4-20(6-9)15-13(19)5-11-14-17(15)25-8-10(2)21(14)7-12(16(11)22)18(23)24;1-2-3;1-2/h5,7,9-10H,3-4,6,8H2,1-2H3,(H,23,24);1H3;1-2H3. The molecule has 1 aromatic heterocycles. The highest BCUT2D eigenvalue weighted by molar-refractivity contribution is 5.97. The minimum absolute atomic E-state index is 0.0509. The van der Waals surface area contributed by atoms with Crippen LogP contribution in [0.15, 0.2) is 17.1 Å². The van der Waals surface area contributed by atoms with Crippen molar-refractivity contribution in [2.45, 2.75) is 47.1 Å². The van der Waals surface area contributed by atoms with Gasteiger partial charge >= 0.3 is 5.97 Å². The Balaban J connectivity index is 0.000000590. The van der Waals surface area contributed by atoms with Crippen LogP contribution in [0.3, 0.4) is 0 Å². The van der Waals surface area contributed by atoms with Crippen molar-refractivity contribution in [2.24, 2.45) is 5.92 Å². The molecule has 3 heterocycles. The first-order chi connectivity index (χ1) is 14.3. The third kappa shape index (κ3) is 4.11. The largest absolute Gasteiger partial charge is 0.487 e. The van der Waals surface area contributed by atoms with Crippen molar-refractivity contribution in [1.29, 1.82) is 5.26 Å². The monoisotopic (exact) mass is 417 g/mol. The lowest BCUT2D eigenvalue weighted by Crippen LogP contribution is -2.29. The van der Waals surface area contributed by atoms with Crippen LogP contribution in [0, 0.1) is 23.1 Å². The fourth-order valence-corrected chi connectivity index (χ4v) is 3.80. The number of hydrogen-bond donors (Lipinski definition) is 1. The van der Waals surface area contributed by atoms with Gasteiger partial charge in [0, 0.05) is 26.2 Å². The highest BCUT2D eigenvalue weighted by Gasteiger charge is 2.32. The number of carbonyl (C=O) groups is 1. The molecule has 0 radical (unpaired) electrons. The van der Waals surface area contributed by atoms with E-state index in [0.29, 0.717) is 29.5 Å². The second-order valence-electron chi connectivity index (χ2n) is 7.24. The predicted molar refractivity (Wildman–Crippen MR) is 114 cm³/mol. The van der Waals surface area contributed by atoms with Gasteiger partial charge in [0.05, 0.1) is 23.0 Å². The van der Waals surface area contributed by atoms with Gasteiger partial charge in [0.15, 0.2) is 11.6 Å². The van der Waals surface area contributed by atoms with E-state index in [1.807, 2.05) is 25.7 Å². The van der Waals surface area contributed by atoms with Gasteiger partial charge in [0.2, 0.25) is 5.43 Å². The van der Waals surface area contributed by atoms with Crippen molar-refractivity contribution < 1.29 is 19.0 Å². The summed E-state index contributed by atoms with van der Waals surface area (Å²) < 4.78 is 22.5. The molecule has 2 aliphatic rings. The molecule has 1 saturated heterocycles. The van der Waals surface area contributed by atoms with Crippen LogP contribution < -0.4 is 15.1 Å². The van der Waals surface area contributed by atoms with Gasteiger partial charge in [-0.2, -0.15) is 5.26 Å². The molecule has 7 nitrogen and oxygen atoms in total. The third-order valence-corrected chi connectivity index (χ3v) is 5.11. The van der Waals surface area contributed by atoms with Gasteiger partial charge in [-0.15, -0.1) is 0 Å². The number of aromatic nitrogens is 1. The summed E-state index contributed by atoms with van der Waals surface area (Å²) >= 11 is 0. The van der Waals surface area contributed by atoms with Crippen molar-refractivity contribution in [2.75, 3.05) is 24.6 Å². The lowest BCUT2D eigenvalue weighted by molar-refractivity contribution is 0.0694. The molecule has 2 aliphatic heterocycles. The maximum Gasteiger partial charge on any atom is 0.341 e. The van der Waals surface area contributed by atoms with Gasteiger partial charge in [-0.25, -0.2) is 9.18 Å². The number of nitrogens with zero attached hydrogens (tertiary/aromatic N) is 3. The quantitative estimate of drug-likeness (QED) is 0.787. The SMILES string of the molecule is CC.CC#N.CC1CCN(c2c(F)cc3c(=O)c(C(=O)O)cn4c3c2OCC4C)C1. The summed E-state index contributed by atoms with van der Waals surface area (Å²) in [5.74, 6) is -1.05. The molecular formula is C22H28FN3O4. The summed E-state index contributed by atoms with van der Waals surface area (Å²) in [6.07, 6.45) is 2.32. The van der Waals surface area contributed by atoms with Gasteiger partial charge in [0.25, 0.3) is 0 Å². The van der Waals surface area contributed by atoms with Crippen molar-refractivity contribution in [3.63, 3.8) is 0 Å². The number of anilines is 1. The average molecular weight is 417 g/mol. The maximum atomic E-state index is 14.9. The Morgan fingerprint density at radius 2 is 2.00 bits per heavy atom. The number of ether oxygens (including phenoxy) is 1. The Morgan fingerprint density at radius 1 is 1.37 bits per heavy atom. The van der Waals surface area contributed by atoms with E-state index in [9.17, 15) is 19.1 Å². The van der Waals surface area contributed by atoms with Gasteiger partial charge in [-0.05, 0) is 25.3 Å². The Hall–Kier alpha value is -3.08. The molecule has 2 unspecified atom stereocenters. The fraction of sp³-hybridized carbons (Fsp3) is 0.500. The minimum Gasteiger partial charge on any atom is -0.487 e. The van der Waals surface area contributed by atoms with Crippen LogP contribution in [0.1, 0.15) is 57.4 Å². The van der Waals surface area contributed by atoms with Crippen molar-refractivity contribution in [1.82, 2.24) is 4.57 Å². The van der Waals surface area contributed by atoms with E-state index >= 15 is 0 Å². The zero-order valence-electron chi connectivity index (χ0n) is 18.0. The number of pyridine rings is 1. The normalized spacial score (nSPS) is 19.0. The molecular weight excluding hydrogens is 389 g/mol. The molecule has 2 atom stereocenters. The van der Waals surface area contributed by atoms with E-state index in [0.717, 1.165) is 25.6 Å². The van der Waals surface area contributed by atoms with Crippen LogP contribution in [0.5, 0.6) is 5.75 Å². The van der Waals surface area contributed by atoms with Gasteiger partial charge < -0.3 is 19.3 Å². The molecule has 1 aromatic carbocycles. The van der Waals surface area contributed by atoms with Crippen LogP contribution >= 0.6 is 0 Å². The van der Waals surface area contributed by atoms with E-state index in [2.05, 4.69) is 6.92 Å². The Kier molecular flexibility index (Phi) is 7.43. The zero-order valence-corrected chi connectivity index (χ0v) is 18.0. The van der Waals surface area contributed by atoms with E-state index < -0.39 is 17.2 Å². The molecule has 4 rings (SSSR count).